The Morgan fingerprint density at radius 2 is 1.78 bits per heavy atom. The Labute approximate surface area is 140 Å². The second-order valence-electron chi connectivity index (χ2n) is 4.70. The Morgan fingerprint density at radius 3 is 2.52 bits per heavy atom. The van der Waals surface area contributed by atoms with Crippen molar-refractivity contribution in [3.05, 3.63) is 74.3 Å². The highest BCUT2D eigenvalue weighted by atomic mass is 35.5. The standard InChI is InChI=1S/C16H10Cl2N2O3/c17-10-5-3-6-11(18)14(10)16(22)23-8-13-19-12-7-2-1-4-9(12)15(21)20-13/h1-7H,8H2,(H,19,20,21). The number of halogens is 2. The van der Waals surface area contributed by atoms with E-state index in [0.717, 1.165) is 0 Å². The number of carbonyl (C=O) groups excluding carboxylic acids is 1. The van der Waals surface area contributed by atoms with Crippen LogP contribution >= 0.6 is 23.2 Å². The van der Waals surface area contributed by atoms with Crippen molar-refractivity contribution in [3.8, 4) is 0 Å². The fourth-order valence-corrected chi connectivity index (χ4v) is 2.65. The minimum absolute atomic E-state index is 0.0824. The monoisotopic (exact) mass is 348 g/mol. The smallest absolute Gasteiger partial charge is 0.341 e. The van der Waals surface area contributed by atoms with Crippen LogP contribution in [-0.2, 0) is 11.3 Å². The third-order valence-electron chi connectivity index (χ3n) is 3.17. The van der Waals surface area contributed by atoms with Gasteiger partial charge in [-0.05, 0) is 24.3 Å². The lowest BCUT2D eigenvalue weighted by molar-refractivity contribution is 0.0463. The molecular formula is C16H10Cl2N2O3. The first-order valence-electron chi connectivity index (χ1n) is 6.65. The Bertz CT molecular complexity index is 933. The van der Waals surface area contributed by atoms with Crippen LogP contribution in [0.15, 0.2) is 47.3 Å². The molecule has 0 bridgehead atoms. The molecule has 5 nitrogen and oxygen atoms in total. The number of hydrogen-bond donors (Lipinski definition) is 1. The molecule has 0 spiro atoms. The topological polar surface area (TPSA) is 72.0 Å². The molecule has 3 rings (SSSR count). The molecule has 0 saturated carbocycles. The van der Waals surface area contributed by atoms with Crippen LogP contribution in [0, 0.1) is 0 Å². The molecule has 116 valence electrons. The number of fused-ring (bicyclic) bond motifs is 1. The molecule has 1 aromatic heterocycles. The van der Waals surface area contributed by atoms with Gasteiger partial charge in [-0.3, -0.25) is 4.79 Å². The normalized spacial score (nSPS) is 10.7. The van der Waals surface area contributed by atoms with Gasteiger partial charge in [-0.25, -0.2) is 9.78 Å². The molecule has 1 N–H and O–H groups in total. The van der Waals surface area contributed by atoms with Gasteiger partial charge in [0.2, 0.25) is 0 Å². The van der Waals surface area contributed by atoms with E-state index in [1.165, 1.54) is 0 Å². The van der Waals surface area contributed by atoms with Gasteiger partial charge in [-0.15, -0.1) is 0 Å². The van der Waals surface area contributed by atoms with Gasteiger partial charge in [0.05, 0.1) is 26.5 Å². The number of rotatable bonds is 3. The molecule has 0 unspecified atom stereocenters. The molecule has 0 amide bonds. The van der Waals surface area contributed by atoms with E-state index in [2.05, 4.69) is 9.97 Å². The van der Waals surface area contributed by atoms with Crippen LogP contribution in [0.1, 0.15) is 16.2 Å². The number of H-pyrrole nitrogens is 1. The van der Waals surface area contributed by atoms with E-state index in [4.69, 9.17) is 27.9 Å². The fraction of sp³-hybridized carbons (Fsp3) is 0.0625. The minimum atomic E-state index is -0.684. The van der Waals surface area contributed by atoms with Gasteiger partial charge in [-0.1, -0.05) is 41.4 Å². The average molecular weight is 349 g/mol. The number of nitrogens with one attached hydrogen (secondary N) is 1. The maximum absolute atomic E-state index is 12.1. The molecule has 0 aliphatic heterocycles. The predicted octanol–water partition coefficient (Wildman–Crippen LogP) is 3.59. The third-order valence-corrected chi connectivity index (χ3v) is 3.80. The average Bonchev–Trinajstić information content (AvgIpc) is 2.53. The molecule has 7 heteroatoms. The Balaban J connectivity index is 1.83. The summed E-state index contributed by atoms with van der Waals surface area (Å²) in [6.07, 6.45) is 0. The molecule has 0 atom stereocenters. The highest BCUT2D eigenvalue weighted by Crippen LogP contribution is 2.25. The number of aromatic nitrogens is 2. The number of esters is 1. The van der Waals surface area contributed by atoms with E-state index >= 15 is 0 Å². The van der Waals surface area contributed by atoms with Gasteiger partial charge in [0.15, 0.2) is 0 Å². The summed E-state index contributed by atoms with van der Waals surface area (Å²) in [5, 5.41) is 0.863. The Morgan fingerprint density at radius 1 is 1.09 bits per heavy atom. The van der Waals surface area contributed by atoms with Gasteiger partial charge in [0.1, 0.15) is 12.4 Å². The summed E-state index contributed by atoms with van der Waals surface area (Å²) in [5.41, 5.74) is 0.314. The zero-order valence-corrected chi connectivity index (χ0v) is 13.2. The van der Waals surface area contributed by atoms with Crippen molar-refractivity contribution in [3.63, 3.8) is 0 Å². The maximum Gasteiger partial charge on any atom is 0.341 e. The van der Waals surface area contributed by atoms with Crippen molar-refractivity contribution in [2.45, 2.75) is 6.61 Å². The second-order valence-corrected chi connectivity index (χ2v) is 5.52. The molecule has 23 heavy (non-hydrogen) atoms. The number of ether oxygens (including phenoxy) is 1. The van der Waals surface area contributed by atoms with Gasteiger partial charge < -0.3 is 9.72 Å². The van der Waals surface area contributed by atoms with Crippen LogP contribution in [0.5, 0.6) is 0 Å². The number of hydrogen-bond acceptors (Lipinski definition) is 4. The van der Waals surface area contributed by atoms with E-state index in [1.54, 1.807) is 42.5 Å². The SMILES string of the molecule is O=C(OCc1nc2ccccc2c(=O)[nH]1)c1c(Cl)cccc1Cl. The summed E-state index contributed by atoms with van der Waals surface area (Å²) in [5.74, 6) is -0.443. The summed E-state index contributed by atoms with van der Waals surface area (Å²) >= 11 is 11.9. The van der Waals surface area contributed by atoms with Crippen molar-refractivity contribution in [2.75, 3.05) is 0 Å². The molecule has 0 radical (unpaired) electrons. The number of nitrogens with zero attached hydrogens (tertiary/aromatic N) is 1. The summed E-state index contributed by atoms with van der Waals surface area (Å²) in [6, 6.07) is 11.6. The zero-order valence-electron chi connectivity index (χ0n) is 11.7. The quantitative estimate of drug-likeness (QED) is 0.734. The lowest BCUT2D eigenvalue weighted by Gasteiger charge is -2.08. The van der Waals surface area contributed by atoms with E-state index in [-0.39, 0.29) is 33.6 Å². The van der Waals surface area contributed by atoms with E-state index in [9.17, 15) is 9.59 Å². The number of benzene rings is 2. The Hall–Kier alpha value is -2.37. The number of para-hydroxylation sites is 1. The van der Waals surface area contributed by atoms with E-state index in [0.29, 0.717) is 10.9 Å². The molecule has 2 aromatic carbocycles. The summed E-state index contributed by atoms with van der Waals surface area (Å²) in [6.45, 7) is -0.194. The highest BCUT2D eigenvalue weighted by molar-refractivity contribution is 6.39. The first-order chi connectivity index (χ1) is 11.1. The van der Waals surface area contributed by atoms with Crippen LogP contribution < -0.4 is 5.56 Å². The minimum Gasteiger partial charge on any atom is -0.454 e. The van der Waals surface area contributed by atoms with Gasteiger partial charge >= 0.3 is 5.97 Å². The first kappa shape index (κ1) is 15.5. The van der Waals surface area contributed by atoms with Crippen LogP contribution in [0.3, 0.4) is 0 Å². The molecule has 1 heterocycles. The molecular weight excluding hydrogens is 339 g/mol. The largest absolute Gasteiger partial charge is 0.454 e. The van der Waals surface area contributed by atoms with Crippen LogP contribution in [0.2, 0.25) is 10.0 Å². The summed E-state index contributed by atoms with van der Waals surface area (Å²) in [4.78, 5) is 30.9. The molecule has 0 aliphatic carbocycles. The van der Waals surface area contributed by atoms with Crippen LogP contribution in [0.4, 0.5) is 0 Å². The molecule has 0 fully saturated rings. The molecule has 0 aliphatic rings. The van der Waals surface area contributed by atoms with Gasteiger partial charge in [0.25, 0.3) is 5.56 Å². The highest BCUT2D eigenvalue weighted by Gasteiger charge is 2.16. The third kappa shape index (κ3) is 3.21. The number of aromatic amines is 1. The maximum atomic E-state index is 12.1. The van der Waals surface area contributed by atoms with Crippen molar-refractivity contribution < 1.29 is 9.53 Å². The van der Waals surface area contributed by atoms with Crippen molar-refractivity contribution >= 4 is 40.1 Å². The van der Waals surface area contributed by atoms with Crippen LogP contribution in [0.25, 0.3) is 10.9 Å². The van der Waals surface area contributed by atoms with Gasteiger partial charge in [-0.2, -0.15) is 0 Å². The second kappa shape index (κ2) is 6.40. The van der Waals surface area contributed by atoms with Crippen molar-refractivity contribution in [1.82, 2.24) is 9.97 Å². The Kier molecular flexibility index (Phi) is 4.32. The van der Waals surface area contributed by atoms with Crippen molar-refractivity contribution in [2.24, 2.45) is 0 Å². The molecule has 3 aromatic rings. The zero-order chi connectivity index (χ0) is 16.4. The fourth-order valence-electron chi connectivity index (χ4n) is 2.10. The summed E-state index contributed by atoms with van der Waals surface area (Å²) in [7, 11) is 0. The van der Waals surface area contributed by atoms with E-state index in [1.807, 2.05) is 0 Å². The van der Waals surface area contributed by atoms with Gasteiger partial charge in [0, 0.05) is 0 Å². The first-order valence-corrected chi connectivity index (χ1v) is 7.41. The molecule has 0 saturated heterocycles. The number of carbonyl (C=O) groups is 1. The summed E-state index contributed by atoms with van der Waals surface area (Å²) < 4.78 is 5.14. The lowest BCUT2D eigenvalue weighted by Crippen LogP contribution is -2.14. The predicted molar refractivity (Wildman–Crippen MR) is 87.9 cm³/mol. The van der Waals surface area contributed by atoms with Crippen molar-refractivity contribution in [1.29, 1.82) is 0 Å². The van der Waals surface area contributed by atoms with Crippen LogP contribution in [-0.4, -0.2) is 15.9 Å². The van der Waals surface area contributed by atoms with E-state index < -0.39 is 5.97 Å². The lowest BCUT2D eigenvalue weighted by atomic mass is 10.2.